The van der Waals surface area contributed by atoms with E-state index in [4.69, 9.17) is 11.1 Å². The van der Waals surface area contributed by atoms with Gasteiger partial charge in [0.25, 0.3) is 11.8 Å². The average molecular weight is 472 g/mol. The molecule has 5 N–H and O–H groups in total. The molecule has 8 nitrogen and oxygen atoms in total. The summed E-state index contributed by atoms with van der Waals surface area (Å²) in [4.78, 5) is 41.0. The first kappa shape index (κ1) is 22.9. The Hall–Kier alpha value is -3.27. The number of hydrogen-bond donors (Lipinski definition) is 4. The minimum Gasteiger partial charge on any atom is -0.398 e. The normalized spacial score (nSPS) is 15.7. The molecule has 1 aliphatic heterocycles. The van der Waals surface area contributed by atoms with Gasteiger partial charge in [-0.1, -0.05) is 12.8 Å². The van der Waals surface area contributed by atoms with Crippen molar-refractivity contribution < 1.29 is 18.8 Å². The Balaban J connectivity index is 1.33. The van der Waals surface area contributed by atoms with Crippen molar-refractivity contribution in [2.75, 3.05) is 18.8 Å². The molecule has 1 fully saturated rings. The van der Waals surface area contributed by atoms with Crippen molar-refractivity contribution >= 4 is 40.7 Å². The number of nitrogens with zero attached hydrogens (tertiary/aromatic N) is 1. The molecule has 2 aromatic rings. The molecule has 10 heteroatoms. The number of anilines is 1. The fraction of sp³-hybridized carbons (Fsp3) is 0.391. The zero-order chi connectivity index (χ0) is 23.5. The maximum absolute atomic E-state index is 13.3. The van der Waals surface area contributed by atoms with E-state index in [0.29, 0.717) is 24.4 Å². The summed E-state index contributed by atoms with van der Waals surface area (Å²) in [6, 6.07) is 6.07. The van der Waals surface area contributed by atoms with Gasteiger partial charge in [-0.25, -0.2) is 0 Å². The number of thiophene rings is 1. The molecule has 1 aromatic heterocycles. The van der Waals surface area contributed by atoms with Gasteiger partial charge in [0.15, 0.2) is 0 Å². The van der Waals surface area contributed by atoms with Gasteiger partial charge in [-0.3, -0.25) is 19.8 Å². The predicted octanol–water partition coefficient (Wildman–Crippen LogP) is 2.61. The Morgan fingerprint density at radius 1 is 1.18 bits per heavy atom. The zero-order valence-electron chi connectivity index (χ0n) is 18.1. The van der Waals surface area contributed by atoms with Crippen LogP contribution in [0, 0.1) is 5.41 Å². The third-order valence-corrected chi connectivity index (χ3v) is 7.32. The van der Waals surface area contributed by atoms with Crippen molar-refractivity contribution in [3.63, 3.8) is 0 Å². The highest BCUT2D eigenvalue weighted by Crippen LogP contribution is 2.29. The Kier molecular flexibility index (Phi) is 6.73. The van der Waals surface area contributed by atoms with Crippen LogP contribution < -0.4 is 16.4 Å². The molecule has 4 rings (SSSR count). The number of fused-ring (bicyclic) bond motifs is 1. The monoisotopic (exact) mass is 471 g/mol. The minimum absolute atomic E-state index is 0.0457. The van der Waals surface area contributed by atoms with Crippen molar-refractivity contribution in [2.24, 2.45) is 0 Å². The van der Waals surface area contributed by atoms with Crippen molar-refractivity contribution in [1.82, 2.24) is 15.5 Å². The van der Waals surface area contributed by atoms with Gasteiger partial charge < -0.3 is 21.3 Å². The Morgan fingerprint density at radius 3 is 2.67 bits per heavy atom. The molecular weight excluding hydrogens is 445 g/mol. The highest BCUT2D eigenvalue weighted by Gasteiger charge is 2.26. The van der Waals surface area contributed by atoms with Gasteiger partial charge in [-0.15, -0.1) is 11.3 Å². The predicted molar refractivity (Wildman–Crippen MR) is 124 cm³/mol. The zero-order valence-corrected chi connectivity index (χ0v) is 18.9. The summed E-state index contributed by atoms with van der Waals surface area (Å²) in [6.45, 7) is 0.694. The van der Waals surface area contributed by atoms with Gasteiger partial charge in [0.2, 0.25) is 11.9 Å². The number of carbonyl (C=O) groups is 3. The second kappa shape index (κ2) is 9.70. The maximum atomic E-state index is 13.3. The van der Waals surface area contributed by atoms with Crippen LogP contribution in [-0.2, 0) is 17.8 Å². The molecule has 3 amide bonds. The number of nitrogens with one attached hydrogen (secondary N) is 3. The SMILES string of the molecule is N=C(F)c1cc(C(=O)NCC(=O)N2CCc3sc(C(=O)NC4CCCC4)cc3C2)ccc1N. The number of benzene rings is 1. The number of halogens is 1. The van der Waals surface area contributed by atoms with Crippen LogP contribution in [0.3, 0.4) is 0 Å². The molecular formula is C23H26FN5O3S. The Labute approximate surface area is 194 Å². The van der Waals surface area contributed by atoms with Gasteiger partial charge in [0, 0.05) is 35.3 Å². The highest BCUT2D eigenvalue weighted by atomic mass is 32.1. The molecule has 1 aliphatic carbocycles. The summed E-state index contributed by atoms with van der Waals surface area (Å²) in [5.41, 5.74) is 6.59. The average Bonchev–Trinajstić information content (AvgIpc) is 3.46. The van der Waals surface area contributed by atoms with E-state index in [0.717, 1.165) is 36.1 Å². The lowest BCUT2D eigenvalue weighted by Crippen LogP contribution is -2.42. The Bertz CT molecular complexity index is 1110. The van der Waals surface area contributed by atoms with Crippen LogP contribution in [0.4, 0.5) is 10.1 Å². The maximum Gasteiger partial charge on any atom is 0.261 e. The number of rotatable bonds is 6. The summed E-state index contributed by atoms with van der Waals surface area (Å²) in [6.07, 6.45) is 5.02. The van der Waals surface area contributed by atoms with Gasteiger partial charge >= 0.3 is 0 Å². The number of nitrogen functional groups attached to an aromatic ring is 1. The molecule has 1 saturated carbocycles. The molecule has 0 bridgehead atoms. The standard InChI is InChI=1S/C23H26FN5O3S/c24-21(26)16-9-13(5-6-17(16)25)22(31)27-11-20(30)29-8-7-18-14(12-29)10-19(33-18)23(32)28-15-3-1-2-4-15/h5-6,9-10,15,26H,1-4,7-8,11-12,25H2,(H,27,31)(H,28,32). The first-order valence-corrected chi connectivity index (χ1v) is 11.8. The van der Waals surface area contributed by atoms with Crippen molar-refractivity contribution in [1.29, 1.82) is 5.41 Å². The van der Waals surface area contributed by atoms with E-state index < -0.39 is 11.9 Å². The molecule has 2 heterocycles. The molecule has 174 valence electrons. The molecule has 0 unspecified atom stereocenters. The van der Waals surface area contributed by atoms with Crippen LogP contribution in [0.25, 0.3) is 0 Å². The quantitative estimate of drug-likeness (QED) is 0.381. The molecule has 0 spiro atoms. The van der Waals surface area contributed by atoms with Crippen LogP contribution in [0.2, 0.25) is 0 Å². The van der Waals surface area contributed by atoms with Gasteiger partial charge in [-0.2, -0.15) is 4.39 Å². The van der Waals surface area contributed by atoms with E-state index in [-0.39, 0.29) is 41.2 Å². The summed E-state index contributed by atoms with van der Waals surface area (Å²) >= 11 is 1.48. The van der Waals surface area contributed by atoms with Crippen LogP contribution in [0.5, 0.6) is 0 Å². The molecule has 0 radical (unpaired) electrons. The van der Waals surface area contributed by atoms with Crippen LogP contribution in [0.15, 0.2) is 24.3 Å². The lowest BCUT2D eigenvalue weighted by atomic mass is 10.1. The van der Waals surface area contributed by atoms with E-state index in [1.54, 1.807) is 4.90 Å². The second-order valence-electron chi connectivity index (χ2n) is 8.38. The third-order valence-electron chi connectivity index (χ3n) is 6.09. The number of hydrogen-bond acceptors (Lipinski definition) is 6. The number of nitrogens with two attached hydrogens (primary N) is 1. The fourth-order valence-electron chi connectivity index (χ4n) is 4.24. The highest BCUT2D eigenvalue weighted by molar-refractivity contribution is 7.14. The molecule has 2 aliphatic rings. The third kappa shape index (κ3) is 5.22. The van der Waals surface area contributed by atoms with Crippen LogP contribution in [-0.4, -0.2) is 47.7 Å². The largest absolute Gasteiger partial charge is 0.398 e. The fourth-order valence-corrected chi connectivity index (χ4v) is 5.31. The number of carbonyl (C=O) groups excluding carboxylic acids is 3. The summed E-state index contributed by atoms with van der Waals surface area (Å²) in [5.74, 6) is -2.07. The van der Waals surface area contributed by atoms with E-state index in [9.17, 15) is 18.8 Å². The first-order valence-electron chi connectivity index (χ1n) is 10.9. The minimum atomic E-state index is -1.23. The summed E-state index contributed by atoms with van der Waals surface area (Å²) in [7, 11) is 0. The van der Waals surface area contributed by atoms with Crippen molar-refractivity contribution in [3.8, 4) is 0 Å². The van der Waals surface area contributed by atoms with Crippen molar-refractivity contribution in [3.05, 3.63) is 50.7 Å². The lowest BCUT2D eigenvalue weighted by Gasteiger charge is -2.27. The summed E-state index contributed by atoms with van der Waals surface area (Å²) in [5, 5.41) is 12.7. The molecule has 33 heavy (non-hydrogen) atoms. The van der Waals surface area contributed by atoms with Crippen molar-refractivity contribution in [2.45, 2.75) is 44.7 Å². The van der Waals surface area contributed by atoms with E-state index in [1.807, 2.05) is 6.07 Å². The van der Waals surface area contributed by atoms with Gasteiger partial charge in [0.1, 0.15) is 0 Å². The van der Waals surface area contributed by atoms with Gasteiger partial charge in [-0.05, 0) is 49.1 Å². The first-order chi connectivity index (χ1) is 15.8. The van der Waals surface area contributed by atoms with Crippen LogP contribution >= 0.6 is 11.3 Å². The van der Waals surface area contributed by atoms with E-state index in [1.165, 1.54) is 29.5 Å². The lowest BCUT2D eigenvalue weighted by molar-refractivity contribution is -0.131. The molecule has 1 aromatic carbocycles. The molecule has 0 saturated heterocycles. The summed E-state index contributed by atoms with van der Waals surface area (Å²) < 4.78 is 13.3. The second-order valence-corrected chi connectivity index (χ2v) is 9.51. The Morgan fingerprint density at radius 2 is 1.94 bits per heavy atom. The van der Waals surface area contributed by atoms with Gasteiger partial charge in [0.05, 0.1) is 17.0 Å². The van der Waals surface area contributed by atoms with Crippen LogP contribution in [0.1, 0.15) is 61.7 Å². The van der Waals surface area contributed by atoms with E-state index in [2.05, 4.69) is 10.6 Å². The topological polar surface area (TPSA) is 128 Å². The van der Waals surface area contributed by atoms with E-state index >= 15 is 0 Å². The smallest absolute Gasteiger partial charge is 0.261 e. The number of amides is 3. The molecule has 0 atom stereocenters.